The quantitative estimate of drug-likeness (QED) is 0.291. The van der Waals surface area contributed by atoms with Gasteiger partial charge in [-0.3, -0.25) is 0 Å². The van der Waals surface area contributed by atoms with E-state index in [0.29, 0.717) is 32.3 Å². The van der Waals surface area contributed by atoms with E-state index in [0.717, 1.165) is 40.3 Å². The van der Waals surface area contributed by atoms with E-state index in [-0.39, 0.29) is 6.10 Å². The van der Waals surface area contributed by atoms with Crippen LogP contribution in [0.25, 0.3) is 12.2 Å². The number of hydrogen-bond donors (Lipinski definition) is 0. The first-order chi connectivity index (χ1) is 17.2. The van der Waals surface area contributed by atoms with Gasteiger partial charge >= 0.3 is 0 Å². The summed E-state index contributed by atoms with van der Waals surface area (Å²) in [6.45, 7) is 5.94. The monoisotopic (exact) mass is 477 g/mol. The van der Waals surface area contributed by atoms with Crippen LogP contribution in [0.5, 0.6) is 17.4 Å². The molecule has 0 radical (unpaired) electrons. The van der Waals surface area contributed by atoms with E-state index in [9.17, 15) is 0 Å². The minimum Gasteiger partial charge on any atom is -0.494 e. The lowest BCUT2D eigenvalue weighted by atomic mass is 10.1. The van der Waals surface area contributed by atoms with Crippen molar-refractivity contribution < 1.29 is 23.7 Å². The Morgan fingerprint density at radius 2 is 1.63 bits per heavy atom. The predicted molar refractivity (Wildman–Crippen MR) is 139 cm³/mol. The van der Waals surface area contributed by atoms with Gasteiger partial charge in [-0.25, -0.2) is 4.98 Å². The van der Waals surface area contributed by atoms with Gasteiger partial charge in [-0.2, -0.15) is 0 Å². The van der Waals surface area contributed by atoms with E-state index >= 15 is 0 Å². The molecule has 6 heteroatoms. The number of rotatable bonds is 14. The highest BCUT2D eigenvalue weighted by Gasteiger charge is 2.15. The third-order valence-electron chi connectivity index (χ3n) is 5.41. The molecule has 0 amide bonds. The Hall–Kier alpha value is -3.35. The topological polar surface area (TPSA) is 59.0 Å². The van der Waals surface area contributed by atoms with Crippen molar-refractivity contribution in [2.45, 2.75) is 33.0 Å². The normalized spacial score (nSPS) is 12.0. The molecule has 1 unspecified atom stereocenters. The standard InChI is InChI=1S/C29H35NO5/c1-5-26-27(17-14-22-12-15-24(16-13-22)33-6-2)30-29(35-21-25(32-4)20-31-3)18-28(26)34-19-23-10-8-7-9-11-23/h7-18,25H,5-6,19-21H2,1-4H3/b17-14+. The van der Waals surface area contributed by atoms with Crippen LogP contribution in [-0.2, 0) is 22.5 Å². The molecule has 0 saturated carbocycles. The molecule has 0 N–H and O–H groups in total. The van der Waals surface area contributed by atoms with Crippen molar-refractivity contribution in [2.24, 2.45) is 0 Å². The van der Waals surface area contributed by atoms with E-state index < -0.39 is 0 Å². The van der Waals surface area contributed by atoms with Crippen molar-refractivity contribution >= 4 is 12.2 Å². The van der Waals surface area contributed by atoms with Crippen molar-refractivity contribution in [2.75, 3.05) is 34.0 Å². The number of benzene rings is 2. The fourth-order valence-electron chi connectivity index (χ4n) is 3.54. The Balaban J connectivity index is 1.87. The molecule has 3 aromatic rings. The molecule has 0 aliphatic carbocycles. The number of ether oxygens (including phenoxy) is 5. The predicted octanol–water partition coefficient (Wildman–Crippen LogP) is 5.83. The summed E-state index contributed by atoms with van der Waals surface area (Å²) in [4.78, 5) is 4.78. The lowest BCUT2D eigenvalue weighted by molar-refractivity contribution is -0.000107. The lowest BCUT2D eigenvalue weighted by Crippen LogP contribution is -2.25. The summed E-state index contributed by atoms with van der Waals surface area (Å²) in [6, 6.07) is 19.9. The Morgan fingerprint density at radius 3 is 2.29 bits per heavy atom. The van der Waals surface area contributed by atoms with Crippen molar-refractivity contribution in [1.29, 1.82) is 0 Å². The summed E-state index contributed by atoms with van der Waals surface area (Å²) >= 11 is 0. The van der Waals surface area contributed by atoms with Crippen molar-refractivity contribution in [3.8, 4) is 17.4 Å². The maximum absolute atomic E-state index is 6.24. The molecule has 0 spiro atoms. The highest BCUT2D eigenvalue weighted by atomic mass is 16.6. The number of pyridine rings is 1. The van der Waals surface area contributed by atoms with Crippen LogP contribution < -0.4 is 14.2 Å². The maximum atomic E-state index is 6.24. The smallest absolute Gasteiger partial charge is 0.217 e. The third kappa shape index (κ3) is 8.12. The summed E-state index contributed by atoms with van der Waals surface area (Å²) in [7, 11) is 3.28. The van der Waals surface area contributed by atoms with Gasteiger partial charge in [0.25, 0.3) is 0 Å². The molecule has 1 aromatic heterocycles. The molecule has 0 saturated heterocycles. The van der Waals surface area contributed by atoms with Crippen LogP contribution >= 0.6 is 0 Å². The number of aromatic nitrogens is 1. The van der Waals surface area contributed by atoms with E-state index in [2.05, 4.69) is 6.92 Å². The second-order valence-electron chi connectivity index (χ2n) is 7.91. The average molecular weight is 478 g/mol. The molecule has 6 nitrogen and oxygen atoms in total. The molecule has 0 bridgehead atoms. The van der Waals surface area contributed by atoms with E-state index in [1.165, 1.54) is 0 Å². The molecule has 3 rings (SSSR count). The highest BCUT2D eigenvalue weighted by molar-refractivity contribution is 5.71. The molecule has 1 heterocycles. The molecule has 2 aromatic carbocycles. The van der Waals surface area contributed by atoms with Crippen LogP contribution in [0, 0.1) is 0 Å². The minimum absolute atomic E-state index is 0.191. The largest absolute Gasteiger partial charge is 0.494 e. The van der Waals surface area contributed by atoms with Gasteiger partial charge in [0, 0.05) is 25.8 Å². The highest BCUT2D eigenvalue weighted by Crippen LogP contribution is 2.29. The summed E-state index contributed by atoms with van der Waals surface area (Å²) in [5.41, 5.74) is 3.98. The van der Waals surface area contributed by atoms with Crippen molar-refractivity contribution in [3.05, 3.63) is 83.0 Å². The lowest BCUT2D eigenvalue weighted by Gasteiger charge is -2.18. The third-order valence-corrected chi connectivity index (χ3v) is 5.41. The first kappa shape index (κ1) is 26.3. The summed E-state index contributed by atoms with van der Waals surface area (Å²) in [5.74, 6) is 2.09. The zero-order valence-electron chi connectivity index (χ0n) is 21.0. The van der Waals surface area contributed by atoms with Gasteiger partial charge in [-0.1, -0.05) is 55.5 Å². The maximum Gasteiger partial charge on any atom is 0.217 e. The van der Waals surface area contributed by atoms with E-state index in [4.69, 9.17) is 28.7 Å². The van der Waals surface area contributed by atoms with Gasteiger partial charge in [0.05, 0.1) is 18.9 Å². The number of nitrogens with zero attached hydrogens (tertiary/aromatic N) is 1. The van der Waals surface area contributed by atoms with Crippen molar-refractivity contribution in [3.63, 3.8) is 0 Å². The molecule has 0 aliphatic rings. The summed E-state index contributed by atoms with van der Waals surface area (Å²) in [5, 5.41) is 0. The van der Waals surface area contributed by atoms with Crippen LogP contribution in [-0.4, -0.2) is 45.1 Å². The van der Waals surface area contributed by atoms with Gasteiger partial charge in [-0.15, -0.1) is 0 Å². The van der Waals surface area contributed by atoms with Crippen LogP contribution in [0.3, 0.4) is 0 Å². The first-order valence-corrected chi connectivity index (χ1v) is 11.9. The van der Waals surface area contributed by atoms with Gasteiger partial charge in [-0.05, 0) is 42.7 Å². The van der Waals surface area contributed by atoms with Crippen LogP contribution in [0.15, 0.2) is 60.7 Å². The van der Waals surface area contributed by atoms with Gasteiger partial charge in [0.1, 0.15) is 30.8 Å². The number of hydrogen-bond acceptors (Lipinski definition) is 6. The van der Waals surface area contributed by atoms with E-state index in [1.807, 2.05) is 79.7 Å². The second-order valence-corrected chi connectivity index (χ2v) is 7.91. The number of methoxy groups -OCH3 is 2. The van der Waals surface area contributed by atoms with Crippen LogP contribution in [0.2, 0.25) is 0 Å². The Labute approximate surface area is 208 Å². The molecule has 1 atom stereocenters. The van der Waals surface area contributed by atoms with Crippen LogP contribution in [0.1, 0.15) is 36.2 Å². The summed E-state index contributed by atoms with van der Waals surface area (Å²) in [6.07, 6.45) is 4.61. The molecule has 0 fully saturated rings. The minimum atomic E-state index is -0.191. The van der Waals surface area contributed by atoms with Crippen LogP contribution in [0.4, 0.5) is 0 Å². The molecular weight excluding hydrogens is 442 g/mol. The van der Waals surface area contributed by atoms with Gasteiger partial charge in [0.2, 0.25) is 5.88 Å². The van der Waals surface area contributed by atoms with Gasteiger partial charge < -0.3 is 23.7 Å². The van der Waals surface area contributed by atoms with Gasteiger partial charge in [0.15, 0.2) is 0 Å². The molecule has 35 heavy (non-hydrogen) atoms. The SMILES string of the molecule is CCOc1ccc(/C=C/c2nc(OCC(COC)OC)cc(OCc3ccccc3)c2CC)cc1. The Bertz CT molecular complexity index is 1050. The zero-order chi connectivity index (χ0) is 24.9. The molecule has 0 aliphatic heterocycles. The zero-order valence-corrected chi connectivity index (χ0v) is 21.0. The molecule has 186 valence electrons. The Morgan fingerprint density at radius 1 is 0.857 bits per heavy atom. The Kier molecular flexibility index (Phi) is 10.6. The fourth-order valence-corrected chi connectivity index (χ4v) is 3.54. The fraction of sp³-hybridized carbons (Fsp3) is 0.345. The van der Waals surface area contributed by atoms with E-state index in [1.54, 1.807) is 14.2 Å². The average Bonchev–Trinajstić information content (AvgIpc) is 2.90. The first-order valence-electron chi connectivity index (χ1n) is 11.9. The second kappa shape index (κ2) is 14.1. The van der Waals surface area contributed by atoms with Crippen molar-refractivity contribution in [1.82, 2.24) is 4.98 Å². The molecular formula is C29H35NO5. The summed E-state index contributed by atoms with van der Waals surface area (Å²) < 4.78 is 28.4.